The van der Waals surface area contributed by atoms with Crippen LogP contribution in [-0.4, -0.2) is 48.0 Å². The summed E-state index contributed by atoms with van der Waals surface area (Å²) in [4.78, 5) is 41.2. The molecule has 1 fully saturated rings. The van der Waals surface area contributed by atoms with Crippen LogP contribution in [-0.2, 0) is 4.79 Å². The molecule has 0 spiro atoms. The van der Waals surface area contributed by atoms with Gasteiger partial charge >= 0.3 is 0 Å². The van der Waals surface area contributed by atoms with Crippen molar-refractivity contribution in [2.75, 3.05) is 18.7 Å². The van der Waals surface area contributed by atoms with Gasteiger partial charge in [0.15, 0.2) is 11.5 Å². The van der Waals surface area contributed by atoms with E-state index < -0.39 is 12.1 Å². The van der Waals surface area contributed by atoms with Gasteiger partial charge in [0.1, 0.15) is 6.04 Å². The van der Waals surface area contributed by atoms with E-state index in [1.807, 2.05) is 29.6 Å². The lowest BCUT2D eigenvalue weighted by atomic mass is 10.0. The molecule has 8 nitrogen and oxygen atoms in total. The quantitative estimate of drug-likeness (QED) is 0.625. The van der Waals surface area contributed by atoms with Crippen LogP contribution in [0.4, 0.5) is 5.69 Å². The van der Waals surface area contributed by atoms with Crippen molar-refractivity contribution in [2.24, 2.45) is 0 Å². The number of fused-ring (bicyclic) bond motifs is 3. The molecule has 0 saturated carbocycles. The zero-order valence-electron chi connectivity index (χ0n) is 17.4. The Kier molecular flexibility index (Phi) is 4.58. The van der Waals surface area contributed by atoms with Crippen LogP contribution < -0.4 is 20.1 Å². The molecular weight excluding hydrogens is 442 g/mol. The zero-order chi connectivity index (χ0) is 22.5. The summed E-state index contributed by atoms with van der Waals surface area (Å²) in [6.45, 7) is 0.577. The lowest BCUT2D eigenvalue weighted by Gasteiger charge is -2.24. The van der Waals surface area contributed by atoms with Crippen molar-refractivity contribution in [3.63, 3.8) is 0 Å². The van der Waals surface area contributed by atoms with Crippen molar-refractivity contribution >= 4 is 34.7 Å². The van der Waals surface area contributed by atoms with E-state index in [1.165, 1.54) is 11.3 Å². The van der Waals surface area contributed by atoms with Crippen LogP contribution in [0.1, 0.15) is 26.5 Å². The molecule has 9 heteroatoms. The van der Waals surface area contributed by atoms with Gasteiger partial charge in [-0.15, -0.1) is 11.3 Å². The third-order valence-electron chi connectivity index (χ3n) is 6.20. The number of ether oxygens (including phenoxy) is 2. The molecule has 6 rings (SSSR count). The summed E-state index contributed by atoms with van der Waals surface area (Å²) in [6, 6.07) is 13.3. The van der Waals surface area contributed by atoms with Crippen molar-refractivity contribution in [2.45, 2.75) is 18.5 Å². The number of benzene rings is 2. The van der Waals surface area contributed by atoms with E-state index in [1.54, 1.807) is 29.2 Å². The first-order valence-electron chi connectivity index (χ1n) is 10.6. The zero-order valence-corrected chi connectivity index (χ0v) is 18.2. The van der Waals surface area contributed by atoms with E-state index in [9.17, 15) is 14.4 Å². The van der Waals surface area contributed by atoms with Gasteiger partial charge in [-0.2, -0.15) is 0 Å². The van der Waals surface area contributed by atoms with Crippen molar-refractivity contribution in [1.29, 1.82) is 0 Å². The van der Waals surface area contributed by atoms with Gasteiger partial charge in [-0.1, -0.05) is 18.2 Å². The first-order valence-corrected chi connectivity index (χ1v) is 11.5. The average molecular weight is 461 g/mol. The summed E-state index contributed by atoms with van der Waals surface area (Å²) >= 11 is 1.34. The molecule has 166 valence electrons. The normalized spacial score (nSPS) is 20.7. The van der Waals surface area contributed by atoms with Crippen LogP contribution in [0.5, 0.6) is 11.5 Å². The molecule has 2 atom stereocenters. The van der Waals surface area contributed by atoms with E-state index >= 15 is 0 Å². The lowest BCUT2D eigenvalue weighted by Crippen LogP contribution is -2.51. The summed E-state index contributed by atoms with van der Waals surface area (Å²) in [7, 11) is 0. The molecule has 0 aliphatic carbocycles. The van der Waals surface area contributed by atoms with Crippen molar-refractivity contribution in [3.8, 4) is 22.6 Å². The Morgan fingerprint density at radius 1 is 1.06 bits per heavy atom. The Hall–Kier alpha value is -3.85. The number of carbonyl (C=O) groups excluding carboxylic acids is 3. The predicted octanol–water partition coefficient (Wildman–Crippen LogP) is 3.11. The molecule has 3 aliphatic heterocycles. The van der Waals surface area contributed by atoms with Crippen molar-refractivity contribution < 1.29 is 23.9 Å². The first-order chi connectivity index (χ1) is 16.1. The molecule has 1 saturated heterocycles. The molecule has 0 radical (unpaired) electrons. The number of hydrogen-bond acceptors (Lipinski definition) is 6. The molecular formula is C24H19N3O5S. The second-order valence-electron chi connectivity index (χ2n) is 8.11. The van der Waals surface area contributed by atoms with Gasteiger partial charge < -0.3 is 25.0 Å². The summed E-state index contributed by atoms with van der Waals surface area (Å²) in [5.41, 5.74) is 2.60. The standard InChI is InChI=1S/C24H19N3O5S/c28-22(20-2-1-9-33-20)26-17-7-8-27-21(17)23(29)25-16-5-3-13(10-15(16)24(27)30)14-4-6-18-19(11-14)32-12-31-18/h1-6,9-11,17,21H,7-8,12H2,(H,25,29)(H,26,28)/t17-,21+/m1/s1. The second kappa shape index (κ2) is 7.63. The fraction of sp³-hybridized carbons (Fsp3) is 0.208. The molecule has 3 amide bonds. The van der Waals surface area contributed by atoms with E-state index in [-0.39, 0.29) is 24.5 Å². The molecule has 4 heterocycles. The highest BCUT2D eigenvalue weighted by Gasteiger charge is 2.45. The highest BCUT2D eigenvalue weighted by molar-refractivity contribution is 7.12. The number of nitrogens with zero attached hydrogens (tertiary/aromatic N) is 1. The molecule has 3 aromatic rings. The minimum Gasteiger partial charge on any atom is -0.454 e. The fourth-order valence-electron chi connectivity index (χ4n) is 4.59. The molecule has 0 bridgehead atoms. The van der Waals surface area contributed by atoms with Gasteiger partial charge in [-0.05, 0) is 53.3 Å². The summed E-state index contributed by atoms with van der Waals surface area (Å²) in [5.74, 6) is 0.582. The minimum absolute atomic E-state index is 0.189. The Balaban J connectivity index is 1.30. The summed E-state index contributed by atoms with van der Waals surface area (Å²) in [5, 5.41) is 7.65. The van der Waals surface area contributed by atoms with Gasteiger partial charge in [0.25, 0.3) is 11.8 Å². The van der Waals surface area contributed by atoms with Crippen molar-refractivity contribution in [3.05, 3.63) is 64.4 Å². The van der Waals surface area contributed by atoms with E-state index in [0.29, 0.717) is 40.6 Å². The number of anilines is 1. The number of amides is 3. The SMILES string of the molecule is O=C(N[C@@H]1CCN2C(=O)c3cc(-c4ccc5c(c4)OCO5)ccc3NC(=O)[C@H]12)c1cccs1. The molecule has 33 heavy (non-hydrogen) atoms. The smallest absolute Gasteiger partial charge is 0.261 e. The number of thiophene rings is 1. The van der Waals surface area contributed by atoms with Crippen LogP contribution in [0.2, 0.25) is 0 Å². The van der Waals surface area contributed by atoms with Gasteiger partial charge in [0.2, 0.25) is 12.7 Å². The van der Waals surface area contributed by atoms with Gasteiger partial charge in [0, 0.05) is 6.54 Å². The number of rotatable bonds is 3. The Morgan fingerprint density at radius 2 is 1.88 bits per heavy atom. The average Bonchev–Trinajstić information content (AvgIpc) is 3.57. The maximum Gasteiger partial charge on any atom is 0.261 e. The van der Waals surface area contributed by atoms with Crippen molar-refractivity contribution in [1.82, 2.24) is 10.2 Å². The number of hydrogen-bond donors (Lipinski definition) is 2. The fourth-order valence-corrected chi connectivity index (χ4v) is 5.22. The number of carbonyl (C=O) groups is 3. The van der Waals surface area contributed by atoms with Crippen LogP contribution in [0.3, 0.4) is 0 Å². The lowest BCUT2D eigenvalue weighted by molar-refractivity contribution is -0.120. The number of nitrogens with one attached hydrogen (secondary N) is 2. The molecule has 3 aliphatic rings. The van der Waals surface area contributed by atoms with Crippen LogP contribution in [0.25, 0.3) is 11.1 Å². The van der Waals surface area contributed by atoms with Crippen LogP contribution in [0.15, 0.2) is 53.9 Å². The highest BCUT2D eigenvalue weighted by Crippen LogP contribution is 2.38. The Bertz CT molecular complexity index is 1290. The Labute approximate surface area is 193 Å². The highest BCUT2D eigenvalue weighted by atomic mass is 32.1. The molecule has 1 aromatic heterocycles. The van der Waals surface area contributed by atoms with E-state index in [4.69, 9.17) is 9.47 Å². The largest absolute Gasteiger partial charge is 0.454 e. The maximum absolute atomic E-state index is 13.5. The van der Waals surface area contributed by atoms with Gasteiger partial charge in [-0.25, -0.2) is 0 Å². The third kappa shape index (κ3) is 3.32. The first kappa shape index (κ1) is 19.8. The molecule has 2 aromatic carbocycles. The van der Waals surface area contributed by atoms with Crippen LogP contribution in [0, 0.1) is 0 Å². The third-order valence-corrected chi connectivity index (χ3v) is 7.07. The van der Waals surface area contributed by atoms with Crippen LogP contribution >= 0.6 is 11.3 Å². The predicted molar refractivity (Wildman–Crippen MR) is 122 cm³/mol. The summed E-state index contributed by atoms with van der Waals surface area (Å²) in [6.07, 6.45) is 0.512. The monoisotopic (exact) mass is 461 g/mol. The van der Waals surface area contributed by atoms with Gasteiger partial charge in [0.05, 0.1) is 22.2 Å². The topological polar surface area (TPSA) is 97.0 Å². The van der Waals surface area contributed by atoms with Gasteiger partial charge in [-0.3, -0.25) is 14.4 Å². The second-order valence-corrected chi connectivity index (χ2v) is 9.05. The van der Waals surface area contributed by atoms with E-state index in [2.05, 4.69) is 10.6 Å². The maximum atomic E-state index is 13.5. The summed E-state index contributed by atoms with van der Waals surface area (Å²) < 4.78 is 10.8. The molecule has 2 N–H and O–H groups in total. The van der Waals surface area contributed by atoms with E-state index in [0.717, 1.165) is 11.1 Å². The molecule has 0 unspecified atom stereocenters. The Morgan fingerprint density at radius 3 is 2.73 bits per heavy atom. The minimum atomic E-state index is -0.761.